The van der Waals surface area contributed by atoms with Crippen molar-refractivity contribution in [1.29, 1.82) is 0 Å². The van der Waals surface area contributed by atoms with Gasteiger partial charge in [-0.15, -0.1) is 5.10 Å². The molecule has 0 radical (unpaired) electrons. The summed E-state index contributed by atoms with van der Waals surface area (Å²) < 4.78 is 8.27. The van der Waals surface area contributed by atoms with E-state index in [1.807, 2.05) is 37.3 Å². The van der Waals surface area contributed by atoms with Crippen LogP contribution in [0.1, 0.15) is 16.8 Å². The van der Waals surface area contributed by atoms with Crippen LogP contribution in [-0.2, 0) is 13.2 Å². The Hall–Kier alpha value is -2.04. The van der Waals surface area contributed by atoms with Gasteiger partial charge in [-0.2, -0.15) is 5.10 Å². The first kappa shape index (κ1) is 16.8. The lowest BCUT2D eigenvalue weighted by atomic mass is 10.2. The van der Waals surface area contributed by atoms with E-state index in [0.717, 1.165) is 27.7 Å². The smallest absolute Gasteiger partial charge is 0.258 e. The lowest BCUT2D eigenvalue weighted by molar-refractivity contribution is 0.293. The zero-order valence-electron chi connectivity index (χ0n) is 13.5. The summed E-state index contributed by atoms with van der Waals surface area (Å²) in [5.41, 5.74) is 4.23. The van der Waals surface area contributed by atoms with E-state index in [1.54, 1.807) is 12.3 Å². The highest BCUT2D eigenvalue weighted by atomic mass is 35.5. The monoisotopic (exact) mass is 361 g/mol. The molecule has 24 heavy (non-hydrogen) atoms. The second kappa shape index (κ2) is 7.24. The van der Waals surface area contributed by atoms with Gasteiger partial charge in [0.15, 0.2) is 0 Å². The molecule has 3 rings (SSSR count). The third-order valence-corrected chi connectivity index (χ3v) is 4.37. The summed E-state index contributed by atoms with van der Waals surface area (Å²) in [5, 5.41) is 9.28. The van der Waals surface area contributed by atoms with Gasteiger partial charge in [0.1, 0.15) is 16.6 Å². The Labute approximate surface area is 150 Å². The average Bonchev–Trinajstić information content (AvgIpc) is 2.84. The molecule has 6 heteroatoms. The van der Waals surface area contributed by atoms with Crippen LogP contribution in [0.5, 0.6) is 5.88 Å². The maximum atomic E-state index is 5.94. The number of hydrogen-bond donors (Lipinski definition) is 0. The summed E-state index contributed by atoms with van der Waals surface area (Å²) in [7, 11) is 0. The second-order valence-electron chi connectivity index (χ2n) is 5.50. The number of aromatic nitrogens is 3. The van der Waals surface area contributed by atoms with Crippen molar-refractivity contribution in [3.8, 4) is 5.88 Å². The Morgan fingerprint density at radius 2 is 1.96 bits per heavy atom. The predicted molar refractivity (Wildman–Crippen MR) is 97.6 cm³/mol. The van der Waals surface area contributed by atoms with Gasteiger partial charge >= 0.3 is 0 Å². The van der Waals surface area contributed by atoms with Gasteiger partial charge < -0.3 is 9.30 Å². The zero-order valence-corrected chi connectivity index (χ0v) is 15.0. The molecule has 0 spiro atoms. The lowest BCUT2D eigenvalue weighted by Crippen LogP contribution is -2.03. The van der Waals surface area contributed by atoms with Crippen LogP contribution in [0.15, 0.2) is 47.1 Å². The van der Waals surface area contributed by atoms with Crippen LogP contribution in [0, 0.1) is 13.8 Å². The van der Waals surface area contributed by atoms with Gasteiger partial charge in [-0.05, 0) is 31.1 Å². The molecule has 0 fully saturated rings. The van der Waals surface area contributed by atoms with E-state index in [-0.39, 0.29) is 4.49 Å². The molecular weight excluding hydrogens is 345 g/mol. The Balaban J connectivity index is 2.01. The molecule has 0 bridgehead atoms. The minimum atomic E-state index is 0.239. The fourth-order valence-corrected chi connectivity index (χ4v) is 2.81. The van der Waals surface area contributed by atoms with Crippen molar-refractivity contribution < 1.29 is 4.74 Å². The number of allylic oxidation sites excluding steroid dienone is 1. The number of halogens is 2. The van der Waals surface area contributed by atoms with E-state index in [1.165, 1.54) is 0 Å². The second-order valence-corrected chi connectivity index (χ2v) is 6.51. The summed E-state index contributed by atoms with van der Waals surface area (Å²) in [6, 6.07) is 9.97. The third-order valence-electron chi connectivity index (χ3n) is 4.06. The van der Waals surface area contributed by atoms with Crippen molar-refractivity contribution in [3.05, 3.63) is 63.9 Å². The quantitative estimate of drug-likeness (QED) is 0.645. The van der Waals surface area contributed by atoms with Crippen LogP contribution < -0.4 is 4.74 Å². The van der Waals surface area contributed by atoms with Crippen LogP contribution in [0.4, 0.5) is 0 Å². The molecule has 0 aliphatic heterocycles. The summed E-state index contributed by atoms with van der Waals surface area (Å²) in [5.74, 6) is 0.506. The summed E-state index contributed by atoms with van der Waals surface area (Å²) in [4.78, 5) is 0. The number of fused-ring (bicyclic) bond motifs is 1. The minimum absolute atomic E-state index is 0.239. The van der Waals surface area contributed by atoms with E-state index >= 15 is 0 Å². The molecule has 0 aliphatic carbocycles. The predicted octanol–water partition coefficient (Wildman–Crippen LogP) is 4.95. The molecule has 4 nitrogen and oxygen atoms in total. The fraction of sp³-hybridized carbons (Fsp3) is 0.222. The van der Waals surface area contributed by atoms with E-state index in [0.29, 0.717) is 19.0 Å². The first-order valence-electron chi connectivity index (χ1n) is 7.57. The van der Waals surface area contributed by atoms with Crippen molar-refractivity contribution >= 4 is 34.1 Å². The molecule has 124 valence electrons. The van der Waals surface area contributed by atoms with E-state index < -0.39 is 0 Å². The van der Waals surface area contributed by atoms with E-state index in [9.17, 15) is 0 Å². The normalized spacial score (nSPS) is 10.8. The Kier molecular flexibility index (Phi) is 5.07. The highest BCUT2D eigenvalue weighted by molar-refractivity contribution is 6.55. The van der Waals surface area contributed by atoms with Crippen molar-refractivity contribution in [1.82, 2.24) is 14.8 Å². The van der Waals surface area contributed by atoms with E-state index in [2.05, 4.69) is 21.7 Å². The molecule has 1 aromatic carbocycles. The van der Waals surface area contributed by atoms with E-state index in [4.69, 9.17) is 27.9 Å². The molecule has 0 saturated carbocycles. The molecule has 0 atom stereocenters. The zero-order chi connectivity index (χ0) is 17.1. The summed E-state index contributed by atoms with van der Waals surface area (Å²) in [6.07, 6.45) is 3.51. The van der Waals surface area contributed by atoms with Crippen LogP contribution in [0.3, 0.4) is 0 Å². The molecule has 3 aromatic rings. The number of nitrogens with zero attached hydrogens (tertiary/aromatic N) is 3. The molecule has 0 saturated heterocycles. The molecule has 0 N–H and O–H groups in total. The third kappa shape index (κ3) is 3.40. The van der Waals surface area contributed by atoms with Gasteiger partial charge in [0.25, 0.3) is 5.88 Å². The van der Waals surface area contributed by atoms with Gasteiger partial charge in [-0.3, -0.25) is 0 Å². The van der Waals surface area contributed by atoms with Crippen LogP contribution in [-0.4, -0.2) is 14.8 Å². The summed E-state index contributed by atoms with van der Waals surface area (Å²) in [6.45, 7) is 5.09. The molecule has 2 heterocycles. The maximum absolute atomic E-state index is 5.94. The number of hydrogen-bond acceptors (Lipinski definition) is 3. The maximum Gasteiger partial charge on any atom is 0.258 e. The minimum Gasteiger partial charge on any atom is -0.470 e. The molecule has 0 unspecified atom stereocenters. The van der Waals surface area contributed by atoms with Gasteiger partial charge in [0.2, 0.25) is 0 Å². The first-order valence-corrected chi connectivity index (χ1v) is 8.32. The SMILES string of the molecule is Cc1c(C)n(CC=C(Cl)Cl)c2c(OCc3ccccc3)nncc12. The van der Waals surface area contributed by atoms with Crippen LogP contribution in [0.25, 0.3) is 10.9 Å². The Morgan fingerprint density at radius 3 is 2.67 bits per heavy atom. The fourth-order valence-electron chi connectivity index (χ4n) is 2.67. The standard InChI is InChI=1S/C18H17Cl2N3O/c1-12-13(2)23(9-8-16(19)20)17-15(12)10-21-22-18(17)24-11-14-6-4-3-5-7-14/h3-8,10H,9,11H2,1-2H3. The topological polar surface area (TPSA) is 39.9 Å². The molecule has 2 aromatic heterocycles. The number of ether oxygens (including phenoxy) is 1. The Morgan fingerprint density at radius 1 is 1.21 bits per heavy atom. The first-order chi connectivity index (χ1) is 11.6. The molecular formula is C18H17Cl2N3O. The highest BCUT2D eigenvalue weighted by Crippen LogP contribution is 2.30. The number of rotatable bonds is 5. The van der Waals surface area contributed by atoms with Crippen molar-refractivity contribution in [2.75, 3.05) is 0 Å². The van der Waals surface area contributed by atoms with Gasteiger partial charge in [0, 0.05) is 17.6 Å². The van der Waals surface area contributed by atoms with Crippen LogP contribution in [0.2, 0.25) is 0 Å². The van der Waals surface area contributed by atoms with Crippen molar-refractivity contribution in [2.45, 2.75) is 27.0 Å². The number of aryl methyl sites for hydroxylation is 1. The Bertz CT molecular complexity index is 884. The van der Waals surface area contributed by atoms with Crippen LogP contribution >= 0.6 is 23.2 Å². The lowest BCUT2D eigenvalue weighted by Gasteiger charge is -2.10. The van der Waals surface area contributed by atoms with Gasteiger partial charge in [-0.25, -0.2) is 0 Å². The number of benzene rings is 1. The average molecular weight is 362 g/mol. The molecule has 0 aliphatic rings. The van der Waals surface area contributed by atoms with Crippen molar-refractivity contribution in [2.24, 2.45) is 0 Å². The van der Waals surface area contributed by atoms with Crippen molar-refractivity contribution in [3.63, 3.8) is 0 Å². The molecule has 0 amide bonds. The summed E-state index contributed by atoms with van der Waals surface area (Å²) >= 11 is 11.5. The van der Waals surface area contributed by atoms with Gasteiger partial charge in [0.05, 0.1) is 6.20 Å². The largest absolute Gasteiger partial charge is 0.470 e. The highest BCUT2D eigenvalue weighted by Gasteiger charge is 2.16. The van der Waals surface area contributed by atoms with Gasteiger partial charge in [-0.1, -0.05) is 53.5 Å².